The predicted molar refractivity (Wildman–Crippen MR) is 93.4 cm³/mol. The molecule has 1 N–H and O–H groups in total. The Kier molecular flexibility index (Phi) is 4.88. The van der Waals surface area contributed by atoms with E-state index in [9.17, 15) is 13.6 Å². The average molecular weight is 385 g/mol. The van der Waals surface area contributed by atoms with Crippen molar-refractivity contribution in [1.29, 1.82) is 5.26 Å². The number of hydroxylamine groups is 2. The lowest BCUT2D eigenvalue weighted by atomic mass is 9.79. The van der Waals surface area contributed by atoms with Crippen LogP contribution in [0.4, 0.5) is 14.6 Å². The quantitative estimate of drug-likeness (QED) is 0.870. The molecule has 1 atom stereocenters. The zero-order valence-corrected chi connectivity index (χ0v) is 14.8. The summed E-state index contributed by atoms with van der Waals surface area (Å²) in [5.41, 5.74) is 0.785. The summed E-state index contributed by atoms with van der Waals surface area (Å²) in [6.07, 6.45) is 3.03. The summed E-state index contributed by atoms with van der Waals surface area (Å²) in [5, 5.41) is 13.4. The van der Waals surface area contributed by atoms with Crippen molar-refractivity contribution in [2.24, 2.45) is 5.92 Å². The lowest BCUT2D eigenvalue weighted by molar-refractivity contribution is -0.184. The molecular weight excluding hydrogens is 368 g/mol. The van der Waals surface area contributed by atoms with Gasteiger partial charge in [0, 0.05) is 24.4 Å². The summed E-state index contributed by atoms with van der Waals surface area (Å²) in [6.45, 7) is 0.349. The molecule has 1 aliphatic heterocycles. The molecule has 2 aromatic rings. The van der Waals surface area contributed by atoms with Crippen molar-refractivity contribution in [2.45, 2.75) is 31.3 Å². The maximum atomic E-state index is 13.6. The van der Waals surface area contributed by atoms with Crippen molar-refractivity contribution in [3.63, 3.8) is 0 Å². The van der Waals surface area contributed by atoms with Gasteiger partial charge in [-0.05, 0) is 30.5 Å². The molecule has 2 heterocycles. The molecule has 1 aromatic heterocycles. The second-order valence-corrected chi connectivity index (χ2v) is 6.89. The van der Waals surface area contributed by atoms with Crippen molar-refractivity contribution in [3.8, 4) is 6.07 Å². The fraction of sp³-hybridized carbons (Fsp3) is 0.368. The van der Waals surface area contributed by atoms with Crippen LogP contribution in [0.5, 0.6) is 0 Å². The van der Waals surface area contributed by atoms with Gasteiger partial charge in [0.1, 0.15) is 23.9 Å². The van der Waals surface area contributed by atoms with Crippen LogP contribution < -0.4 is 5.32 Å². The van der Waals surface area contributed by atoms with E-state index in [1.54, 1.807) is 6.07 Å². The highest BCUT2D eigenvalue weighted by Crippen LogP contribution is 2.37. The lowest BCUT2D eigenvalue weighted by Gasteiger charge is -2.37. The van der Waals surface area contributed by atoms with Crippen molar-refractivity contribution in [1.82, 2.24) is 15.0 Å². The van der Waals surface area contributed by atoms with Gasteiger partial charge in [-0.15, -0.1) is 0 Å². The Morgan fingerprint density at radius 2 is 2.07 bits per heavy atom. The molecule has 1 saturated heterocycles. The van der Waals surface area contributed by atoms with Gasteiger partial charge < -0.3 is 5.32 Å². The van der Waals surface area contributed by atoms with Crippen LogP contribution in [0.2, 0.25) is 0 Å². The van der Waals surface area contributed by atoms with Gasteiger partial charge in [0.05, 0.1) is 12.6 Å². The topological polar surface area (TPSA) is 91.1 Å². The van der Waals surface area contributed by atoms with E-state index >= 15 is 0 Å². The van der Waals surface area contributed by atoms with Crippen LogP contribution in [0.1, 0.15) is 36.6 Å². The fourth-order valence-corrected chi connectivity index (χ4v) is 3.53. The van der Waals surface area contributed by atoms with E-state index in [2.05, 4.69) is 15.3 Å². The fourth-order valence-electron chi connectivity index (χ4n) is 3.53. The Bertz CT molecular complexity index is 942. The normalized spacial score (nSPS) is 23.8. The van der Waals surface area contributed by atoms with E-state index < -0.39 is 17.7 Å². The third-order valence-electron chi connectivity index (χ3n) is 5.07. The number of rotatable bonds is 4. The van der Waals surface area contributed by atoms with Crippen LogP contribution in [-0.4, -0.2) is 33.6 Å². The Balaban J connectivity index is 1.37. The van der Waals surface area contributed by atoms with Crippen LogP contribution in [0.15, 0.2) is 30.6 Å². The highest BCUT2D eigenvalue weighted by molar-refractivity contribution is 5.80. The average Bonchev–Trinajstić information content (AvgIpc) is 3.16. The first-order valence-corrected chi connectivity index (χ1v) is 8.95. The Morgan fingerprint density at radius 1 is 1.25 bits per heavy atom. The summed E-state index contributed by atoms with van der Waals surface area (Å²) in [5.74, 6) is -1.70. The van der Waals surface area contributed by atoms with Crippen LogP contribution in [-0.2, 0) is 9.63 Å². The number of carbonyl (C=O) groups excluding carboxylic acids is 1. The highest BCUT2D eigenvalue weighted by Gasteiger charge is 2.42. The predicted octanol–water partition coefficient (Wildman–Crippen LogP) is 2.72. The maximum absolute atomic E-state index is 13.6. The van der Waals surface area contributed by atoms with E-state index in [0.29, 0.717) is 37.3 Å². The standard InChI is InChI=1S/C19H17F2N5O2/c20-15-2-1-11(7-16(15)21)17-3-4-28-26(17)19(27)12-5-13(6-12)25-18-8-14(9-22)23-10-24-18/h1-2,7-8,10,12-13,17H,3-6H2,(H,23,24,25). The maximum Gasteiger partial charge on any atom is 0.249 e. The SMILES string of the molecule is N#Cc1cc(NC2CC(C(=O)N3OCCC3c3ccc(F)c(F)c3)C2)ncn1. The number of nitrogens with zero attached hydrogens (tertiary/aromatic N) is 4. The molecule has 28 heavy (non-hydrogen) atoms. The third-order valence-corrected chi connectivity index (χ3v) is 5.07. The summed E-state index contributed by atoms with van der Waals surface area (Å²) >= 11 is 0. The van der Waals surface area contributed by atoms with Crippen LogP contribution in [0.3, 0.4) is 0 Å². The Labute approximate surface area is 159 Å². The summed E-state index contributed by atoms with van der Waals surface area (Å²) in [4.78, 5) is 26.2. The van der Waals surface area contributed by atoms with Gasteiger partial charge in [0.15, 0.2) is 11.6 Å². The van der Waals surface area contributed by atoms with Crippen LogP contribution >= 0.6 is 0 Å². The number of nitrogens with one attached hydrogen (secondary N) is 1. The number of benzene rings is 1. The Morgan fingerprint density at radius 3 is 2.82 bits per heavy atom. The van der Waals surface area contributed by atoms with E-state index in [1.165, 1.54) is 17.5 Å². The minimum absolute atomic E-state index is 0.0553. The zero-order chi connectivity index (χ0) is 19.7. The molecule has 7 nitrogen and oxygen atoms in total. The van der Waals surface area contributed by atoms with Crippen molar-refractivity contribution in [2.75, 3.05) is 11.9 Å². The monoisotopic (exact) mass is 385 g/mol. The van der Waals surface area contributed by atoms with Gasteiger partial charge >= 0.3 is 0 Å². The number of halogens is 2. The largest absolute Gasteiger partial charge is 0.367 e. The number of hydrogen-bond donors (Lipinski definition) is 1. The first kappa shape index (κ1) is 18.3. The molecule has 4 rings (SSSR count). The van der Waals surface area contributed by atoms with Crippen LogP contribution in [0.25, 0.3) is 0 Å². The van der Waals surface area contributed by atoms with Gasteiger partial charge in [-0.3, -0.25) is 9.63 Å². The molecule has 0 spiro atoms. The molecule has 2 fully saturated rings. The van der Waals surface area contributed by atoms with E-state index in [0.717, 1.165) is 12.1 Å². The number of aromatic nitrogens is 2. The number of hydrogen-bond acceptors (Lipinski definition) is 6. The first-order valence-electron chi connectivity index (χ1n) is 8.95. The first-order chi connectivity index (χ1) is 13.5. The zero-order valence-electron chi connectivity index (χ0n) is 14.8. The minimum Gasteiger partial charge on any atom is -0.367 e. The molecule has 1 unspecified atom stereocenters. The van der Waals surface area contributed by atoms with Crippen LogP contribution in [0, 0.1) is 28.9 Å². The van der Waals surface area contributed by atoms with Gasteiger partial charge in [-0.1, -0.05) is 6.07 Å². The smallest absolute Gasteiger partial charge is 0.249 e. The highest BCUT2D eigenvalue weighted by atomic mass is 19.2. The van der Waals surface area contributed by atoms with E-state index in [1.807, 2.05) is 6.07 Å². The summed E-state index contributed by atoms with van der Waals surface area (Å²) in [7, 11) is 0. The summed E-state index contributed by atoms with van der Waals surface area (Å²) in [6, 6.07) is 6.79. The number of nitriles is 1. The van der Waals surface area contributed by atoms with Crippen molar-refractivity contribution >= 4 is 11.7 Å². The molecule has 0 bridgehead atoms. The number of carbonyl (C=O) groups is 1. The molecule has 1 aliphatic carbocycles. The molecule has 144 valence electrons. The Hall–Kier alpha value is -3.12. The molecular formula is C19H17F2N5O2. The molecule has 2 aliphatic rings. The summed E-state index contributed by atoms with van der Waals surface area (Å²) < 4.78 is 26.7. The van der Waals surface area contributed by atoms with Crippen molar-refractivity contribution in [3.05, 3.63) is 53.5 Å². The van der Waals surface area contributed by atoms with E-state index in [-0.39, 0.29) is 23.6 Å². The molecule has 1 amide bonds. The van der Waals surface area contributed by atoms with E-state index in [4.69, 9.17) is 10.1 Å². The molecule has 1 aromatic carbocycles. The molecule has 1 saturated carbocycles. The number of anilines is 1. The number of amides is 1. The third kappa shape index (κ3) is 3.51. The van der Waals surface area contributed by atoms with Gasteiger partial charge in [-0.25, -0.2) is 23.8 Å². The lowest BCUT2D eigenvalue weighted by Crippen LogP contribution is -2.45. The molecule has 9 heteroatoms. The van der Waals surface area contributed by atoms with Gasteiger partial charge in [0.2, 0.25) is 5.91 Å². The molecule has 0 radical (unpaired) electrons. The van der Waals surface area contributed by atoms with Gasteiger partial charge in [-0.2, -0.15) is 5.26 Å². The second kappa shape index (κ2) is 7.48. The van der Waals surface area contributed by atoms with Crippen molar-refractivity contribution < 1.29 is 18.4 Å². The second-order valence-electron chi connectivity index (χ2n) is 6.89. The van der Waals surface area contributed by atoms with Gasteiger partial charge in [0.25, 0.3) is 0 Å². The minimum atomic E-state index is -0.939.